The van der Waals surface area contributed by atoms with Crippen LogP contribution in [0.5, 0.6) is 0 Å². The van der Waals surface area contributed by atoms with E-state index >= 15 is 0 Å². The average molecular weight is 355 g/mol. The van der Waals surface area contributed by atoms with Gasteiger partial charge in [-0.15, -0.1) is 0 Å². The van der Waals surface area contributed by atoms with E-state index in [0.717, 1.165) is 12.0 Å². The molecule has 0 heterocycles. The van der Waals surface area contributed by atoms with Crippen molar-refractivity contribution in [2.75, 3.05) is 13.2 Å². The number of carbonyl (C=O) groups excluding carboxylic acids is 1. The van der Waals surface area contributed by atoms with Crippen molar-refractivity contribution in [2.24, 2.45) is 0 Å². The van der Waals surface area contributed by atoms with Gasteiger partial charge in [-0.05, 0) is 37.0 Å². The highest BCUT2D eigenvalue weighted by Gasteiger charge is 2.10. The number of nitrogens with one attached hydrogen (secondary N) is 1. The molecule has 2 N–H and O–H groups in total. The zero-order valence-corrected chi connectivity index (χ0v) is 15.0. The fraction of sp³-hybridized carbons (Fsp3) is 0.333. The molecule has 2 rings (SSSR count). The largest absolute Gasteiger partial charge is 0.478 e. The van der Waals surface area contributed by atoms with E-state index in [2.05, 4.69) is 5.32 Å². The minimum atomic E-state index is -0.967. The highest BCUT2D eigenvalue weighted by Crippen LogP contribution is 2.15. The van der Waals surface area contributed by atoms with E-state index in [1.165, 1.54) is 0 Å². The molecule has 0 aliphatic carbocycles. The van der Waals surface area contributed by atoms with E-state index < -0.39 is 5.97 Å². The first-order valence-electron chi connectivity index (χ1n) is 8.82. The standard InChI is InChI=1S/C21H25NO4/c1-16(17-8-3-2-4-9-17)26-15-7-14-22-20(23)13-12-18-10-5-6-11-19(18)21(24)25/h2-6,8-11,16H,7,12-15H2,1H3,(H,22,23)(H,24,25). The molecule has 138 valence electrons. The smallest absolute Gasteiger partial charge is 0.335 e. The van der Waals surface area contributed by atoms with Gasteiger partial charge in [0.1, 0.15) is 0 Å². The zero-order chi connectivity index (χ0) is 18.8. The second-order valence-electron chi connectivity index (χ2n) is 6.09. The van der Waals surface area contributed by atoms with Crippen molar-refractivity contribution in [2.45, 2.75) is 32.3 Å². The zero-order valence-electron chi connectivity index (χ0n) is 15.0. The highest BCUT2D eigenvalue weighted by atomic mass is 16.5. The maximum Gasteiger partial charge on any atom is 0.335 e. The van der Waals surface area contributed by atoms with Gasteiger partial charge in [-0.3, -0.25) is 4.79 Å². The number of ether oxygens (including phenoxy) is 1. The van der Waals surface area contributed by atoms with Crippen LogP contribution in [-0.2, 0) is 16.0 Å². The van der Waals surface area contributed by atoms with Gasteiger partial charge in [-0.2, -0.15) is 0 Å². The molecule has 0 fully saturated rings. The Kier molecular flexibility index (Phi) is 7.83. The van der Waals surface area contributed by atoms with Crippen molar-refractivity contribution >= 4 is 11.9 Å². The minimum Gasteiger partial charge on any atom is -0.478 e. The fourth-order valence-electron chi connectivity index (χ4n) is 2.66. The van der Waals surface area contributed by atoms with Gasteiger partial charge < -0.3 is 15.2 Å². The normalized spacial score (nSPS) is 11.7. The summed E-state index contributed by atoms with van der Waals surface area (Å²) in [7, 11) is 0. The molecule has 0 radical (unpaired) electrons. The summed E-state index contributed by atoms with van der Waals surface area (Å²) >= 11 is 0. The number of hydrogen-bond donors (Lipinski definition) is 2. The Morgan fingerprint density at radius 2 is 1.77 bits per heavy atom. The Labute approximate surface area is 154 Å². The van der Waals surface area contributed by atoms with Gasteiger partial charge in [0, 0.05) is 19.6 Å². The maximum absolute atomic E-state index is 11.9. The van der Waals surface area contributed by atoms with Crippen LogP contribution >= 0.6 is 0 Å². The molecule has 5 nitrogen and oxygen atoms in total. The monoisotopic (exact) mass is 355 g/mol. The first-order chi connectivity index (χ1) is 12.6. The summed E-state index contributed by atoms with van der Waals surface area (Å²) in [5, 5.41) is 12.0. The third-order valence-electron chi connectivity index (χ3n) is 4.15. The first-order valence-corrected chi connectivity index (χ1v) is 8.82. The van der Waals surface area contributed by atoms with Crippen LogP contribution in [0.3, 0.4) is 0 Å². The molecule has 0 aromatic heterocycles. The van der Waals surface area contributed by atoms with Crippen LogP contribution < -0.4 is 5.32 Å². The van der Waals surface area contributed by atoms with Crippen molar-refractivity contribution in [1.82, 2.24) is 5.32 Å². The third kappa shape index (κ3) is 6.33. The molecular formula is C21H25NO4. The molecule has 0 saturated carbocycles. The molecule has 1 unspecified atom stereocenters. The van der Waals surface area contributed by atoms with Crippen molar-refractivity contribution in [3.8, 4) is 0 Å². The lowest BCUT2D eigenvalue weighted by Crippen LogP contribution is -2.25. The van der Waals surface area contributed by atoms with Crippen molar-refractivity contribution in [3.63, 3.8) is 0 Å². The van der Waals surface area contributed by atoms with E-state index in [4.69, 9.17) is 9.84 Å². The molecule has 0 saturated heterocycles. The minimum absolute atomic E-state index is 0.0272. The van der Waals surface area contributed by atoms with Gasteiger partial charge in [-0.1, -0.05) is 48.5 Å². The van der Waals surface area contributed by atoms with Crippen molar-refractivity contribution < 1.29 is 19.4 Å². The SMILES string of the molecule is CC(OCCCNC(=O)CCc1ccccc1C(=O)O)c1ccccc1. The van der Waals surface area contributed by atoms with Gasteiger partial charge >= 0.3 is 5.97 Å². The van der Waals surface area contributed by atoms with E-state index in [9.17, 15) is 9.59 Å². The van der Waals surface area contributed by atoms with Crippen molar-refractivity contribution in [1.29, 1.82) is 0 Å². The van der Waals surface area contributed by atoms with Crippen LogP contribution in [0.1, 0.15) is 47.4 Å². The van der Waals surface area contributed by atoms with Crippen LogP contribution in [0, 0.1) is 0 Å². The number of hydrogen-bond acceptors (Lipinski definition) is 3. The fourth-order valence-corrected chi connectivity index (χ4v) is 2.66. The Morgan fingerprint density at radius 3 is 2.50 bits per heavy atom. The summed E-state index contributed by atoms with van der Waals surface area (Å²) in [5.41, 5.74) is 2.06. The van der Waals surface area contributed by atoms with E-state index in [1.807, 2.05) is 37.3 Å². The summed E-state index contributed by atoms with van der Waals surface area (Å²) in [4.78, 5) is 23.1. The van der Waals surface area contributed by atoms with E-state index in [1.54, 1.807) is 24.3 Å². The maximum atomic E-state index is 11.9. The first kappa shape index (κ1) is 19.7. The summed E-state index contributed by atoms with van der Waals surface area (Å²) in [5.74, 6) is -1.05. The van der Waals surface area contributed by atoms with Gasteiger partial charge in [0.25, 0.3) is 0 Å². The van der Waals surface area contributed by atoms with E-state index in [-0.39, 0.29) is 24.0 Å². The van der Waals surface area contributed by atoms with Crippen LogP contribution in [0.2, 0.25) is 0 Å². The Bertz CT molecular complexity index is 715. The molecular weight excluding hydrogens is 330 g/mol. The molecule has 1 atom stereocenters. The average Bonchev–Trinajstić information content (AvgIpc) is 2.66. The molecule has 0 bridgehead atoms. The lowest BCUT2D eigenvalue weighted by Gasteiger charge is -2.13. The molecule has 0 aliphatic rings. The Morgan fingerprint density at radius 1 is 1.08 bits per heavy atom. The number of aryl methyl sites for hydroxylation is 1. The van der Waals surface area contributed by atoms with Crippen LogP contribution in [0.15, 0.2) is 54.6 Å². The predicted molar refractivity (Wildman–Crippen MR) is 100 cm³/mol. The lowest BCUT2D eigenvalue weighted by atomic mass is 10.0. The Balaban J connectivity index is 1.63. The quantitative estimate of drug-likeness (QED) is 0.639. The number of carbonyl (C=O) groups is 2. The molecule has 1 amide bonds. The summed E-state index contributed by atoms with van der Waals surface area (Å²) < 4.78 is 5.76. The molecule has 0 aliphatic heterocycles. The molecule has 26 heavy (non-hydrogen) atoms. The van der Waals surface area contributed by atoms with Gasteiger partial charge in [0.2, 0.25) is 5.91 Å². The summed E-state index contributed by atoms with van der Waals surface area (Å²) in [6.45, 7) is 3.12. The number of carboxylic acid groups (broad SMARTS) is 1. The lowest BCUT2D eigenvalue weighted by molar-refractivity contribution is -0.121. The predicted octanol–water partition coefficient (Wildman–Crippen LogP) is 3.60. The van der Waals surface area contributed by atoms with Crippen LogP contribution in [0.25, 0.3) is 0 Å². The topological polar surface area (TPSA) is 75.6 Å². The Hall–Kier alpha value is -2.66. The second kappa shape index (κ2) is 10.4. The number of amides is 1. The van der Waals surface area contributed by atoms with Crippen LogP contribution in [0.4, 0.5) is 0 Å². The van der Waals surface area contributed by atoms with Gasteiger partial charge in [0.05, 0.1) is 11.7 Å². The summed E-state index contributed by atoms with van der Waals surface area (Å²) in [6.07, 6.45) is 1.44. The van der Waals surface area contributed by atoms with Crippen LogP contribution in [-0.4, -0.2) is 30.1 Å². The van der Waals surface area contributed by atoms with Gasteiger partial charge in [0.15, 0.2) is 0 Å². The molecule has 2 aromatic rings. The highest BCUT2D eigenvalue weighted by molar-refractivity contribution is 5.89. The van der Waals surface area contributed by atoms with Gasteiger partial charge in [-0.25, -0.2) is 4.79 Å². The summed E-state index contributed by atoms with van der Waals surface area (Å²) in [6, 6.07) is 16.8. The molecule has 0 spiro atoms. The number of aromatic carboxylic acids is 1. The number of rotatable bonds is 10. The van der Waals surface area contributed by atoms with Crippen molar-refractivity contribution in [3.05, 3.63) is 71.3 Å². The third-order valence-corrected chi connectivity index (χ3v) is 4.15. The second-order valence-corrected chi connectivity index (χ2v) is 6.09. The van der Waals surface area contributed by atoms with E-state index in [0.29, 0.717) is 25.1 Å². The number of carboxylic acids is 1. The molecule has 2 aromatic carbocycles. The number of benzene rings is 2. The molecule has 5 heteroatoms.